The van der Waals surface area contributed by atoms with Crippen molar-refractivity contribution >= 4 is 17.5 Å². The number of benzene rings is 1. The van der Waals surface area contributed by atoms with Crippen molar-refractivity contribution in [2.75, 3.05) is 13.2 Å². The van der Waals surface area contributed by atoms with Crippen molar-refractivity contribution in [1.82, 2.24) is 10.3 Å². The van der Waals surface area contributed by atoms with Crippen LogP contribution in [0.1, 0.15) is 29.0 Å². The number of H-pyrrole nitrogens is 1. The molecule has 2 heterocycles. The number of rotatable bonds is 3. The molecule has 2 N–H and O–H groups in total. The van der Waals surface area contributed by atoms with Crippen molar-refractivity contribution in [2.45, 2.75) is 13.0 Å². The third-order valence-electron chi connectivity index (χ3n) is 3.31. The first kappa shape index (κ1) is 13.8. The van der Waals surface area contributed by atoms with Crippen LogP contribution in [0.3, 0.4) is 0 Å². The Hall–Kier alpha value is -2.14. The molecule has 21 heavy (non-hydrogen) atoms. The highest BCUT2D eigenvalue weighted by Crippen LogP contribution is 2.32. The van der Waals surface area contributed by atoms with Gasteiger partial charge in [-0.1, -0.05) is 17.7 Å². The van der Waals surface area contributed by atoms with E-state index < -0.39 is 0 Å². The monoisotopic (exact) mass is 306 g/mol. The zero-order valence-electron chi connectivity index (χ0n) is 11.5. The molecule has 0 radical (unpaired) electrons. The van der Waals surface area contributed by atoms with E-state index in [-0.39, 0.29) is 11.9 Å². The van der Waals surface area contributed by atoms with Crippen LogP contribution < -0.4 is 14.8 Å². The molecule has 1 aliphatic rings. The number of fused-ring (bicyclic) bond motifs is 1. The Morgan fingerprint density at radius 3 is 2.76 bits per heavy atom. The van der Waals surface area contributed by atoms with Crippen molar-refractivity contribution in [3.8, 4) is 11.5 Å². The van der Waals surface area contributed by atoms with E-state index in [2.05, 4.69) is 10.3 Å². The Bertz CT molecular complexity index is 669. The van der Waals surface area contributed by atoms with Crippen LogP contribution in [0, 0.1) is 0 Å². The van der Waals surface area contributed by atoms with Gasteiger partial charge in [0.2, 0.25) is 0 Å². The summed E-state index contributed by atoms with van der Waals surface area (Å²) in [5, 5.41) is 3.41. The van der Waals surface area contributed by atoms with Gasteiger partial charge in [-0.2, -0.15) is 0 Å². The van der Waals surface area contributed by atoms with Crippen molar-refractivity contribution < 1.29 is 14.3 Å². The molecule has 110 valence electrons. The van der Waals surface area contributed by atoms with Crippen molar-refractivity contribution in [3.63, 3.8) is 0 Å². The molecule has 3 rings (SSSR count). The predicted octanol–water partition coefficient (Wildman–Crippen LogP) is 2.93. The van der Waals surface area contributed by atoms with E-state index in [1.54, 1.807) is 12.3 Å². The third kappa shape index (κ3) is 2.97. The summed E-state index contributed by atoms with van der Waals surface area (Å²) in [4.78, 5) is 14.9. The number of aromatic nitrogens is 1. The summed E-state index contributed by atoms with van der Waals surface area (Å²) in [5.74, 6) is 1.24. The van der Waals surface area contributed by atoms with Crippen molar-refractivity contribution in [1.29, 1.82) is 0 Å². The van der Waals surface area contributed by atoms with E-state index in [0.717, 1.165) is 11.3 Å². The molecule has 1 unspecified atom stereocenters. The molecule has 5 nitrogen and oxygen atoms in total. The van der Waals surface area contributed by atoms with Gasteiger partial charge in [-0.3, -0.25) is 4.79 Å². The molecule has 0 spiro atoms. The molecule has 1 aliphatic heterocycles. The Balaban J connectivity index is 1.73. The fourth-order valence-corrected chi connectivity index (χ4v) is 2.35. The highest BCUT2D eigenvalue weighted by Gasteiger charge is 2.17. The third-order valence-corrected chi connectivity index (χ3v) is 3.52. The molecule has 2 aromatic rings. The van der Waals surface area contributed by atoms with Gasteiger partial charge >= 0.3 is 0 Å². The zero-order valence-corrected chi connectivity index (χ0v) is 12.2. The maximum Gasteiger partial charge on any atom is 0.268 e. The van der Waals surface area contributed by atoms with Crippen LogP contribution in [0.2, 0.25) is 5.02 Å². The molecular formula is C15H15ClN2O3. The lowest BCUT2D eigenvalue weighted by molar-refractivity contribution is 0.0935. The summed E-state index contributed by atoms with van der Waals surface area (Å²) < 4.78 is 11.0. The van der Waals surface area contributed by atoms with Gasteiger partial charge in [-0.15, -0.1) is 0 Å². The number of halogens is 1. The number of hydrogen-bond donors (Lipinski definition) is 2. The van der Waals surface area contributed by atoms with Crippen LogP contribution in [0.25, 0.3) is 0 Å². The summed E-state index contributed by atoms with van der Waals surface area (Å²) in [6.45, 7) is 3.01. The van der Waals surface area contributed by atoms with Crippen LogP contribution in [0.15, 0.2) is 30.5 Å². The Labute approximate surface area is 127 Å². The van der Waals surface area contributed by atoms with E-state index in [9.17, 15) is 4.79 Å². The number of aromatic amines is 1. The molecule has 6 heteroatoms. The molecule has 1 aromatic carbocycles. The van der Waals surface area contributed by atoms with Crippen LogP contribution in [0.4, 0.5) is 0 Å². The first-order valence-electron chi connectivity index (χ1n) is 6.68. The van der Waals surface area contributed by atoms with Crippen LogP contribution in [-0.2, 0) is 0 Å². The number of amides is 1. The summed E-state index contributed by atoms with van der Waals surface area (Å²) in [7, 11) is 0. The van der Waals surface area contributed by atoms with E-state index in [0.29, 0.717) is 29.7 Å². The van der Waals surface area contributed by atoms with Gasteiger partial charge in [-0.25, -0.2) is 0 Å². The number of carbonyl (C=O) groups excluding carboxylic acids is 1. The summed E-state index contributed by atoms with van der Waals surface area (Å²) in [6.07, 6.45) is 1.57. The van der Waals surface area contributed by atoms with Gasteiger partial charge in [-0.05, 0) is 30.7 Å². The molecule has 0 bridgehead atoms. The van der Waals surface area contributed by atoms with Crippen LogP contribution >= 0.6 is 11.6 Å². The maximum absolute atomic E-state index is 12.1. The lowest BCUT2D eigenvalue weighted by Gasteiger charge is -2.21. The second-order valence-corrected chi connectivity index (χ2v) is 5.27. The highest BCUT2D eigenvalue weighted by atomic mass is 35.5. The lowest BCUT2D eigenvalue weighted by atomic mass is 10.1. The van der Waals surface area contributed by atoms with Gasteiger partial charge in [0, 0.05) is 6.20 Å². The molecule has 1 aromatic heterocycles. The normalized spacial score (nSPS) is 14.6. The summed E-state index contributed by atoms with van der Waals surface area (Å²) >= 11 is 5.80. The maximum atomic E-state index is 12.1. The van der Waals surface area contributed by atoms with E-state index >= 15 is 0 Å². The van der Waals surface area contributed by atoms with Gasteiger partial charge in [0.25, 0.3) is 5.91 Å². The van der Waals surface area contributed by atoms with Crippen molar-refractivity contribution in [2.24, 2.45) is 0 Å². The Morgan fingerprint density at radius 1 is 1.29 bits per heavy atom. The molecule has 0 saturated heterocycles. The second-order valence-electron chi connectivity index (χ2n) is 4.83. The number of nitrogens with one attached hydrogen (secondary N) is 2. The SMILES string of the molecule is CC(NC(=O)c1cc(Cl)c[nH]1)c1ccc2c(c1)OCCO2. The minimum absolute atomic E-state index is 0.157. The van der Waals surface area contributed by atoms with Gasteiger partial charge in [0.15, 0.2) is 11.5 Å². The van der Waals surface area contributed by atoms with Crippen LogP contribution in [0.5, 0.6) is 11.5 Å². The summed E-state index contributed by atoms with van der Waals surface area (Å²) in [5.41, 5.74) is 1.38. The number of carbonyl (C=O) groups is 1. The second kappa shape index (κ2) is 5.69. The molecule has 1 amide bonds. The van der Waals surface area contributed by atoms with E-state index in [4.69, 9.17) is 21.1 Å². The molecule has 0 aliphatic carbocycles. The van der Waals surface area contributed by atoms with Gasteiger partial charge < -0.3 is 19.8 Å². The van der Waals surface area contributed by atoms with E-state index in [1.807, 2.05) is 25.1 Å². The smallest absolute Gasteiger partial charge is 0.268 e. The average molecular weight is 307 g/mol. The standard InChI is InChI=1S/C15H15ClN2O3/c1-9(18-15(19)12-7-11(16)8-17-12)10-2-3-13-14(6-10)21-5-4-20-13/h2-3,6-9,17H,4-5H2,1H3,(H,18,19). The Kier molecular flexibility index (Phi) is 3.75. The molecule has 0 saturated carbocycles. The fraction of sp³-hybridized carbons (Fsp3) is 0.267. The van der Waals surface area contributed by atoms with Gasteiger partial charge in [0.1, 0.15) is 18.9 Å². The van der Waals surface area contributed by atoms with Gasteiger partial charge in [0.05, 0.1) is 11.1 Å². The average Bonchev–Trinajstić information content (AvgIpc) is 2.93. The number of ether oxygens (including phenoxy) is 2. The molecule has 0 fully saturated rings. The first-order valence-corrected chi connectivity index (χ1v) is 7.05. The molecular weight excluding hydrogens is 292 g/mol. The van der Waals surface area contributed by atoms with Crippen molar-refractivity contribution in [3.05, 3.63) is 46.7 Å². The Morgan fingerprint density at radius 2 is 2.05 bits per heavy atom. The quantitative estimate of drug-likeness (QED) is 0.916. The fourth-order valence-electron chi connectivity index (χ4n) is 2.19. The van der Waals surface area contributed by atoms with E-state index in [1.165, 1.54) is 0 Å². The lowest BCUT2D eigenvalue weighted by Crippen LogP contribution is -2.27. The van der Waals surface area contributed by atoms with Crippen LogP contribution in [-0.4, -0.2) is 24.1 Å². The molecule has 1 atom stereocenters. The minimum atomic E-state index is -0.204. The minimum Gasteiger partial charge on any atom is -0.486 e. The zero-order chi connectivity index (χ0) is 14.8. The topological polar surface area (TPSA) is 63.4 Å². The highest BCUT2D eigenvalue weighted by molar-refractivity contribution is 6.30. The number of hydrogen-bond acceptors (Lipinski definition) is 3. The summed E-state index contributed by atoms with van der Waals surface area (Å²) in [6, 6.07) is 7.10. The first-order chi connectivity index (χ1) is 10.1. The predicted molar refractivity (Wildman–Crippen MR) is 79.1 cm³/mol. The largest absolute Gasteiger partial charge is 0.486 e.